The van der Waals surface area contributed by atoms with Crippen LogP contribution in [0.1, 0.15) is 48.5 Å². The van der Waals surface area contributed by atoms with Crippen LogP contribution in [0.3, 0.4) is 0 Å². The van der Waals surface area contributed by atoms with E-state index in [4.69, 9.17) is 0 Å². The Morgan fingerprint density at radius 3 is 1.13 bits per heavy atom. The standard InChI is InChI=1S/C14H31Si/c1-8-15(9-12(2)3,10-13(4)5)11-14(6)7/h8,12-14H,9-11H2,1-7H3. The van der Waals surface area contributed by atoms with Crippen molar-refractivity contribution in [3.63, 3.8) is 0 Å². The molecule has 0 bridgehead atoms. The van der Waals surface area contributed by atoms with Crippen LogP contribution in [-0.4, -0.2) is 8.07 Å². The van der Waals surface area contributed by atoms with Crippen molar-refractivity contribution in [2.75, 3.05) is 0 Å². The first-order valence-corrected chi connectivity index (χ1v) is 9.31. The first-order chi connectivity index (χ1) is 6.81. The highest BCUT2D eigenvalue weighted by Gasteiger charge is 2.33. The molecular formula is C14H31Si. The highest BCUT2D eigenvalue weighted by Crippen LogP contribution is 2.33. The Balaban J connectivity index is 4.59. The minimum Gasteiger partial charge on any atom is -0.0649 e. The van der Waals surface area contributed by atoms with Crippen LogP contribution in [0.5, 0.6) is 0 Å². The summed E-state index contributed by atoms with van der Waals surface area (Å²) in [5, 5.41) is 0. The van der Waals surface area contributed by atoms with E-state index in [2.05, 4.69) is 54.5 Å². The van der Waals surface area contributed by atoms with Crippen LogP contribution in [0.2, 0.25) is 18.1 Å². The van der Waals surface area contributed by atoms with E-state index >= 15 is 0 Å². The summed E-state index contributed by atoms with van der Waals surface area (Å²) >= 11 is 0. The molecule has 0 aromatic heterocycles. The van der Waals surface area contributed by atoms with E-state index in [1.165, 1.54) is 18.1 Å². The van der Waals surface area contributed by atoms with Crippen LogP contribution in [0.4, 0.5) is 0 Å². The normalized spacial score (nSPS) is 13.2. The summed E-state index contributed by atoms with van der Waals surface area (Å²) in [7, 11) is -1.08. The lowest BCUT2D eigenvalue weighted by atomic mass is 10.2. The first kappa shape index (κ1) is 15.2. The van der Waals surface area contributed by atoms with Gasteiger partial charge < -0.3 is 0 Å². The topological polar surface area (TPSA) is 0 Å². The van der Waals surface area contributed by atoms with Crippen molar-refractivity contribution in [2.45, 2.75) is 66.6 Å². The third-order valence-corrected chi connectivity index (χ3v) is 9.17. The fraction of sp³-hybridized carbons (Fsp3) is 0.929. The van der Waals surface area contributed by atoms with E-state index in [1.54, 1.807) is 0 Å². The van der Waals surface area contributed by atoms with Gasteiger partial charge in [0.2, 0.25) is 0 Å². The van der Waals surface area contributed by atoms with Gasteiger partial charge in [0.1, 0.15) is 0 Å². The van der Waals surface area contributed by atoms with Crippen molar-refractivity contribution < 1.29 is 0 Å². The zero-order valence-corrected chi connectivity index (χ0v) is 12.9. The molecule has 15 heavy (non-hydrogen) atoms. The lowest BCUT2D eigenvalue weighted by Crippen LogP contribution is -2.38. The molecule has 1 heteroatoms. The highest BCUT2D eigenvalue weighted by atomic mass is 28.3. The average molecular weight is 227 g/mol. The molecule has 0 atom stereocenters. The third kappa shape index (κ3) is 6.39. The molecule has 0 unspecified atom stereocenters. The van der Waals surface area contributed by atoms with Gasteiger partial charge in [0.25, 0.3) is 0 Å². The van der Waals surface area contributed by atoms with Gasteiger partial charge in [-0.15, -0.1) is 0 Å². The summed E-state index contributed by atoms with van der Waals surface area (Å²) < 4.78 is 0. The summed E-state index contributed by atoms with van der Waals surface area (Å²) in [6, 6.07) is 7.08. The predicted molar refractivity (Wildman–Crippen MR) is 74.7 cm³/mol. The monoisotopic (exact) mass is 227 g/mol. The molecule has 0 aliphatic heterocycles. The highest BCUT2D eigenvalue weighted by molar-refractivity contribution is 6.83. The van der Waals surface area contributed by atoms with E-state index in [9.17, 15) is 0 Å². The van der Waals surface area contributed by atoms with E-state index in [0.29, 0.717) is 0 Å². The molecule has 0 spiro atoms. The van der Waals surface area contributed by atoms with Gasteiger partial charge in [0, 0.05) is 0 Å². The lowest BCUT2D eigenvalue weighted by Gasteiger charge is -2.35. The molecule has 0 aromatic rings. The second-order valence-electron chi connectivity index (χ2n) is 6.44. The third-order valence-electron chi connectivity index (χ3n) is 3.06. The molecule has 91 valence electrons. The zero-order chi connectivity index (χ0) is 12.1. The minimum absolute atomic E-state index is 0.866. The molecular weight excluding hydrogens is 196 g/mol. The molecule has 0 amide bonds. The summed E-state index contributed by atoms with van der Waals surface area (Å²) in [6.45, 7) is 16.6. The van der Waals surface area contributed by atoms with Crippen LogP contribution < -0.4 is 0 Å². The molecule has 0 saturated heterocycles. The molecule has 0 nitrogen and oxygen atoms in total. The Bertz CT molecular complexity index is 132. The van der Waals surface area contributed by atoms with Crippen molar-refractivity contribution in [1.82, 2.24) is 0 Å². The minimum atomic E-state index is -1.08. The number of hydrogen-bond acceptors (Lipinski definition) is 0. The van der Waals surface area contributed by atoms with Crippen molar-refractivity contribution in [3.8, 4) is 0 Å². The molecule has 0 heterocycles. The van der Waals surface area contributed by atoms with Gasteiger partial charge in [-0.1, -0.05) is 66.6 Å². The zero-order valence-electron chi connectivity index (χ0n) is 11.9. The SMILES string of the molecule is C[CH][Si](CC(C)C)(CC(C)C)CC(C)C. The van der Waals surface area contributed by atoms with Gasteiger partial charge in [0.05, 0.1) is 8.07 Å². The molecule has 0 aromatic carbocycles. The average Bonchev–Trinajstić information content (AvgIpc) is 1.99. The molecule has 0 aliphatic carbocycles. The number of rotatable bonds is 7. The number of hydrogen-bond donors (Lipinski definition) is 0. The fourth-order valence-corrected chi connectivity index (χ4v) is 9.13. The molecule has 0 saturated carbocycles. The van der Waals surface area contributed by atoms with E-state index < -0.39 is 8.07 Å². The molecule has 1 radical (unpaired) electrons. The predicted octanol–water partition coefficient (Wildman–Crippen LogP) is 5.17. The van der Waals surface area contributed by atoms with Crippen molar-refractivity contribution in [1.29, 1.82) is 0 Å². The maximum absolute atomic E-state index is 2.62. The molecule has 0 N–H and O–H groups in total. The summed E-state index contributed by atoms with van der Waals surface area (Å²) in [4.78, 5) is 0. The van der Waals surface area contributed by atoms with Crippen LogP contribution in [-0.2, 0) is 0 Å². The first-order valence-electron chi connectivity index (χ1n) is 6.62. The van der Waals surface area contributed by atoms with Crippen molar-refractivity contribution >= 4 is 8.07 Å². The van der Waals surface area contributed by atoms with Crippen molar-refractivity contribution in [2.24, 2.45) is 17.8 Å². The van der Waals surface area contributed by atoms with Crippen molar-refractivity contribution in [3.05, 3.63) is 6.04 Å². The van der Waals surface area contributed by atoms with E-state index in [0.717, 1.165) is 17.8 Å². The quantitative estimate of drug-likeness (QED) is 0.527. The van der Waals surface area contributed by atoms with Crippen LogP contribution in [0.25, 0.3) is 0 Å². The van der Waals surface area contributed by atoms with E-state index in [1.807, 2.05) is 0 Å². The second kappa shape index (κ2) is 6.73. The van der Waals surface area contributed by atoms with Crippen LogP contribution >= 0.6 is 0 Å². The largest absolute Gasteiger partial charge is 0.0649 e. The Morgan fingerprint density at radius 1 is 0.733 bits per heavy atom. The Kier molecular flexibility index (Phi) is 6.82. The van der Waals surface area contributed by atoms with Gasteiger partial charge >= 0.3 is 0 Å². The van der Waals surface area contributed by atoms with Gasteiger partial charge in [-0.25, -0.2) is 0 Å². The molecule has 0 aliphatic rings. The van der Waals surface area contributed by atoms with Gasteiger partial charge in [-0.05, 0) is 23.8 Å². The second-order valence-corrected chi connectivity index (χ2v) is 11.0. The van der Waals surface area contributed by atoms with Crippen LogP contribution in [0, 0.1) is 23.8 Å². The smallest absolute Gasteiger partial charge is 0.0571 e. The maximum atomic E-state index is 2.62. The summed E-state index contributed by atoms with van der Waals surface area (Å²) in [5.74, 6) is 2.60. The Hall–Kier alpha value is 0.217. The molecule has 0 fully saturated rings. The fourth-order valence-electron chi connectivity index (χ4n) is 3.04. The molecule has 0 rings (SSSR count). The summed E-state index contributed by atoms with van der Waals surface area (Å²) in [5.41, 5.74) is 0. The Morgan fingerprint density at radius 2 is 1.00 bits per heavy atom. The van der Waals surface area contributed by atoms with Gasteiger partial charge in [-0.2, -0.15) is 0 Å². The Labute approximate surface area is 98.9 Å². The van der Waals surface area contributed by atoms with E-state index in [-0.39, 0.29) is 0 Å². The maximum Gasteiger partial charge on any atom is 0.0571 e. The van der Waals surface area contributed by atoms with Gasteiger partial charge in [-0.3, -0.25) is 0 Å². The van der Waals surface area contributed by atoms with Gasteiger partial charge in [0.15, 0.2) is 0 Å². The van der Waals surface area contributed by atoms with Crippen LogP contribution in [0.15, 0.2) is 0 Å². The summed E-state index contributed by atoms with van der Waals surface area (Å²) in [6.07, 6.45) is 0. The lowest BCUT2D eigenvalue weighted by molar-refractivity contribution is 0.645.